The Morgan fingerprint density at radius 2 is 2.00 bits per heavy atom. The predicted molar refractivity (Wildman–Crippen MR) is 61.9 cm³/mol. The van der Waals surface area contributed by atoms with Gasteiger partial charge < -0.3 is 4.74 Å². The third-order valence-corrected chi connectivity index (χ3v) is 2.42. The molecule has 4 heteroatoms. The molecule has 1 heterocycles. The van der Waals surface area contributed by atoms with E-state index in [2.05, 4.69) is 5.10 Å². The molecule has 0 bridgehead atoms. The number of nitrogens with one attached hydrogen (secondary N) is 1. The number of methoxy groups -OCH3 is 1. The lowest BCUT2D eigenvalue weighted by Crippen LogP contribution is -2.16. The molecular weight excluding hydrogens is 204 g/mol. The first-order chi connectivity index (χ1) is 7.69. The first-order valence-corrected chi connectivity index (χ1v) is 5.08. The van der Waals surface area contributed by atoms with Crippen LogP contribution in [0.5, 0.6) is 5.75 Å². The van der Waals surface area contributed by atoms with Crippen molar-refractivity contribution < 1.29 is 4.74 Å². The maximum atomic E-state index is 11.5. The summed E-state index contributed by atoms with van der Waals surface area (Å²) >= 11 is 0. The molecule has 0 fully saturated rings. The van der Waals surface area contributed by atoms with Gasteiger partial charge in [-0.05, 0) is 24.6 Å². The number of ether oxygens (including phenoxy) is 1. The second-order valence-electron chi connectivity index (χ2n) is 3.71. The second-order valence-corrected chi connectivity index (χ2v) is 3.71. The summed E-state index contributed by atoms with van der Waals surface area (Å²) in [6.45, 7) is 2.42. The van der Waals surface area contributed by atoms with E-state index in [-0.39, 0.29) is 5.56 Å². The first kappa shape index (κ1) is 10.5. The van der Waals surface area contributed by atoms with Gasteiger partial charge in [0, 0.05) is 11.8 Å². The molecule has 0 aliphatic rings. The zero-order chi connectivity index (χ0) is 11.5. The van der Waals surface area contributed by atoms with Gasteiger partial charge in [-0.1, -0.05) is 12.1 Å². The fourth-order valence-corrected chi connectivity index (χ4v) is 1.59. The summed E-state index contributed by atoms with van der Waals surface area (Å²) in [5.74, 6) is 0.818. The summed E-state index contributed by atoms with van der Waals surface area (Å²) in [7, 11) is 1.63. The van der Waals surface area contributed by atoms with Crippen LogP contribution in [0.2, 0.25) is 0 Å². The molecule has 2 rings (SSSR count). The fourth-order valence-electron chi connectivity index (χ4n) is 1.59. The van der Waals surface area contributed by atoms with Crippen molar-refractivity contribution >= 4 is 0 Å². The molecule has 0 saturated carbocycles. The van der Waals surface area contributed by atoms with Gasteiger partial charge in [0.05, 0.1) is 13.7 Å². The van der Waals surface area contributed by atoms with Crippen LogP contribution in [0.3, 0.4) is 0 Å². The minimum Gasteiger partial charge on any atom is -0.497 e. The molecule has 1 aromatic heterocycles. The molecule has 1 N–H and O–H groups in total. The van der Waals surface area contributed by atoms with Gasteiger partial charge in [-0.2, -0.15) is 0 Å². The summed E-state index contributed by atoms with van der Waals surface area (Å²) in [6, 6.07) is 9.25. The Hall–Kier alpha value is -1.97. The number of hydrogen-bond donors (Lipinski definition) is 1. The second kappa shape index (κ2) is 4.26. The zero-order valence-electron chi connectivity index (χ0n) is 9.36. The van der Waals surface area contributed by atoms with Crippen molar-refractivity contribution in [1.29, 1.82) is 0 Å². The summed E-state index contributed by atoms with van der Waals surface area (Å²) < 4.78 is 6.65. The molecule has 16 heavy (non-hydrogen) atoms. The van der Waals surface area contributed by atoms with Gasteiger partial charge in [0.2, 0.25) is 0 Å². The molecule has 0 atom stereocenters. The molecular formula is C12H14N2O2. The minimum atomic E-state index is -0.00619. The number of aromatic amines is 1. The van der Waals surface area contributed by atoms with Gasteiger partial charge in [0.1, 0.15) is 5.75 Å². The SMILES string of the molecule is COc1ccc(Cn2[nH]c(C)cc2=O)cc1. The zero-order valence-corrected chi connectivity index (χ0v) is 9.36. The Morgan fingerprint density at radius 3 is 2.50 bits per heavy atom. The van der Waals surface area contributed by atoms with E-state index in [1.807, 2.05) is 31.2 Å². The number of hydrogen-bond acceptors (Lipinski definition) is 2. The number of H-pyrrole nitrogens is 1. The number of rotatable bonds is 3. The average Bonchev–Trinajstić information content (AvgIpc) is 2.59. The van der Waals surface area contributed by atoms with Crippen molar-refractivity contribution in [3.05, 3.63) is 51.9 Å². The van der Waals surface area contributed by atoms with Crippen molar-refractivity contribution in [2.75, 3.05) is 7.11 Å². The lowest BCUT2D eigenvalue weighted by Gasteiger charge is -2.04. The molecule has 0 spiro atoms. The fraction of sp³-hybridized carbons (Fsp3) is 0.250. The van der Waals surface area contributed by atoms with Crippen molar-refractivity contribution in [2.24, 2.45) is 0 Å². The number of aromatic nitrogens is 2. The maximum Gasteiger partial charge on any atom is 0.267 e. The van der Waals surface area contributed by atoms with E-state index in [4.69, 9.17) is 4.74 Å². The third kappa shape index (κ3) is 2.16. The number of aryl methyl sites for hydroxylation is 1. The highest BCUT2D eigenvalue weighted by Crippen LogP contribution is 2.11. The quantitative estimate of drug-likeness (QED) is 0.849. The molecule has 0 radical (unpaired) electrons. The van der Waals surface area contributed by atoms with E-state index in [1.54, 1.807) is 17.9 Å². The Kier molecular flexibility index (Phi) is 2.81. The Labute approximate surface area is 93.5 Å². The van der Waals surface area contributed by atoms with E-state index in [0.29, 0.717) is 6.54 Å². The van der Waals surface area contributed by atoms with Crippen LogP contribution in [0.25, 0.3) is 0 Å². The van der Waals surface area contributed by atoms with Crippen molar-refractivity contribution in [2.45, 2.75) is 13.5 Å². The topological polar surface area (TPSA) is 47.0 Å². The summed E-state index contributed by atoms with van der Waals surface area (Å²) in [5.41, 5.74) is 1.93. The van der Waals surface area contributed by atoms with Crippen LogP contribution in [0.15, 0.2) is 35.1 Å². The van der Waals surface area contributed by atoms with Gasteiger partial charge >= 0.3 is 0 Å². The third-order valence-electron chi connectivity index (χ3n) is 2.42. The van der Waals surface area contributed by atoms with Gasteiger partial charge in [0.15, 0.2) is 0 Å². The standard InChI is InChI=1S/C12H14N2O2/c1-9-7-12(15)14(13-9)8-10-3-5-11(16-2)6-4-10/h3-7,13H,8H2,1-2H3. The van der Waals surface area contributed by atoms with E-state index >= 15 is 0 Å². The summed E-state index contributed by atoms with van der Waals surface area (Å²) in [6.07, 6.45) is 0. The minimum absolute atomic E-state index is 0.00619. The van der Waals surface area contributed by atoms with Crippen molar-refractivity contribution in [3.63, 3.8) is 0 Å². The predicted octanol–water partition coefficient (Wildman–Crippen LogP) is 1.54. The molecule has 0 aliphatic heterocycles. The van der Waals surface area contributed by atoms with E-state index < -0.39 is 0 Å². The normalized spacial score (nSPS) is 10.4. The highest BCUT2D eigenvalue weighted by molar-refractivity contribution is 5.27. The van der Waals surface area contributed by atoms with Gasteiger partial charge in [-0.3, -0.25) is 9.89 Å². The molecule has 84 valence electrons. The van der Waals surface area contributed by atoms with Crippen molar-refractivity contribution in [3.8, 4) is 5.75 Å². The number of benzene rings is 1. The summed E-state index contributed by atoms with van der Waals surface area (Å²) in [5, 5.41) is 2.99. The smallest absolute Gasteiger partial charge is 0.267 e. The van der Waals surface area contributed by atoms with Crippen LogP contribution in [0.1, 0.15) is 11.3 Å². The Bertz CT molecular complexity index is 523. The molecule has 4 nitrogen and oxygen atoms in total. The Morgan fingerprint density at radius 1 is 1.31 bits per heavy atom. The van der Waals surface area contributed by atoms with Gasteiger partial charge in [-0.25, -0.2) is 4.68 Å². The lowest BCUT2D eigenvalue weighted by atomic mass is 10.2. The van der Waals surface area contributed by atoms with Crippen molar-refractivity contribution in [1.82, 2.24) is 9.78 Å². The number of nitrogens with zero attached hydrogens (tertiary/aromatic N) is 1. The highest BCUT2D eigenvalue weighted by atomic mass is 16.5. The van der Waals surface area contributed by atoms with Crippen LogP contribution in [0, 0.1) is 6.92 Å². The highest BCUT2D eigenvalue weighted by Gasteiger charge is 2.00. The molecule has 0 amide bonds. The largest absolute Gasteiger partial charge is 0.497 e. The van der Waals surface area contributed by atoms with Crippen LogP contribution in [-0.4, -0.2) is 16.9 Å². The lowest BCUT2D eigenvalue weighted by molar-refractivity contribution is 0.414. The monoisotopic (exact) mass is 218 g/mol. The van der Waals surface area contributed by atoms with Gasteiger partial charge in [-0.15, -0.1) is 0 Å². The molecule has 2 aromatic rings. The summed E-state index contributed by atoms with van der Waals surface area (Å²) in [4.78, 5) is 11.5. The Balaban J connectivity index is 2.20. The molecule has 0 unspecified atom stereocenters. The van der Waals surface area contributed by atoms with Crippen LogP contribution >= 0.6 is 0 Å². The molecule has 0 saturated heterocycles. The van der Waals surface area contributed by atoms with Crippen LogP contribution < -0.4 is 10.3 Å². The molecule has 0 aliphatic carbocycles. The van der Waals surface area contributed by atoms with Crippen LogP contribution in [0.4, 0.5) is 0 Å². The maximum absolute atomic E-state index is 11.5. The van der Waals surface area contributed by atoms with Crippen LogP contribution in [-0.2, 0) is 6.54 Å². The van der Waals surface area contributed by atoms with E-state index in [1.165, 1.54) is 0 Å². The van der Waals surface area contributed by atoms with E-state index in [9.17, 15) is 4.79 Å². The first-order valence-electron chi connectivity index (χ1n) is 5.08. The average molecular weight is 218 g/mol. The van der Waals surface area contributed by atoms with Gasteiger partial charge in [0.25, 0.3) is 5.56 Å². The van der Waals surface area contributed by atoms with E-state index in [0.717, 1.165) is 17.0 Å². The molecule has 1 aromatic carbocycles.